The lowest BCUT2D eigenvalue weighted by Gasteiger charge is -2.56. The summed E-state index contributed by atoms with van der Waals surface area (Å²) in [6.45, 7) is 11.8. The Hall–Kier alpha value is -9.09. The number of hydrogen-bond donors (Lipinski definition) is 2. The summed E-state index contributed by atoms with van der Waals surface area (Å²) in [7, 11) is 3.26. The molecule has 22 nitrogen and oxygen atoms in total. The standard InChI is InChI=1S/C34H38N8O4.C29H30N8O2/c1-33(2,3)46-32(43)39-34(9-10-34)21-45-27-12-28(31-24(13-35)16-38-42(31)20-27)23-6-7-29(36-15-23)40-18-25-11-26(19-40)41(25)17-22-5-8-30(44-4)37-14-22;1-38-27-5-2-19(11-33-27)14-36-22-8-23(36)16-35(15-22)26-4-3-20(12-32-26)25-9-24(39-18-29(31)6-7-29)17-37-28(25)21(10-30)13-34-37/h5-8,12,14-16,20,25-26H,9-11,17-19,21H2,1-4H3,(H,39,43);2-5,9,11-13,17,22-23H,6-8,14-16,18,31H2,1H3. The van der Waals surface area contributed by atoms with Gasteiger partial charge in [-0.1, -0.05) is 12.1 Å². The molecule has 4 atom stereocenters. The lowest BCUT2D eigenvalue weighted by molar-refractivity contribution is -0.00879. The molecule has 0 spiro atoms. The lowest BCUT2D eigenvalue weighted by Crippen LogP contribution is -2.68. The number of ether oxygens (including phenoxy) is 5. The van der Waals surface area contributed by atoms with Gasteiger partial charge in [0.25, 0.3) is 0 Å². The predicted octanol–water partition coefficient (Wildman–Crippen LogP) is 7.58. The van der Waals surface area contributed by atoms with Gasteiger partial charge in [-0.2, -0.15) is 20.7 Å². The zero-order valence-corrected chi connectivity index (χ0v) is 48.4. The fourth-order valence-electron chi connectivity index (χ4n) is 12.1. The summed E-state index contributed by atoms with van der Waals surface area (Å²) in [5, 5.41) is 31.3. The number of nitriles is 2. The van der Waals surface area contributed by atoms with Crippen LogP contribution >= 0.6 is 0 Å². The zero-order chi connectivity index (χ0) is 58.6. The van der Waals surface area contributed by atoms with Crippen LogP contribution in [0.1, 0.15) is 81.5 Å². The summed E-state index contributed by atoms with van der Waals surface area (Å²) in [5.41, 5.74) is 13.2. The molecule has 3 N–H and O–H groups in total. The molecule has 6 saturated heterocycles. The monoisotopic (exact) mass is 1140 g/mol. The van der Waals surface area contributed by atoms with E-state index in [9.17, 15) is 15.3 Å². The van der Waals surface area contributed by atoms with Crippen LogP contribution in [0.25, 0.3) is 33.3 Å². The van der Waals surface area contributed by atoms with E-state index in [1.807, 2.05) is 82.0 Å². The van der Waals surface area contributed by atoms with Crippen LogP contribution in [0.3, 0.4) is 0 Å². The molecule has 1 amide bonds. The van der Waals surface area contributed by atoms with Crippen LogP contribution in [0.15, 0.2) is 110 Å². The molecule has 2 aliphatic carbocycles. The van der Waals surface area contributed by atoms with E-state index in [1.165, 1.54) is 24.0 Å². The molecule has 85 heavy (non-hydrogen) atoms. The smallest absolute Gasteiger partial charge is 0.408 e. The van der Waals surface area contributed by atoms with Gasteiger partial charge < -0.3 is 44.5 Å². The Morgan fingerprint density at radius 3 is 1.48 bits per heavy atom. The van der Waals surface area contributed by atoms with E-state index in [4.69, 9.17) is 39.4 Å². The summed E-state index contributed by atoms with van der Waals surface area (Å²) in [4.78, 5) is 40.6. The van der Waals surface area contributed by atoms with Gasteiger partial charge in [0.15, 0.2) is 0 Å². The number of carbonyl (C=O) groups is 1. The van der Waals surface area contributed by atoms with Gasteiger partial charge in [-0.05, 0) is 107 Å². The van der Waals surface area contributed by atoms with Gasteiger partial charge in [0.2, 0.25) is 11.8 Å². The number of nitrogens with two attached hydrogens (primary N) is 1. The van der Waals surface area contributed by atoms with E-state index >= 15 is 0 Å². The van der Waals surface area contributed by atoms with Crippen molar-refractivity contribution < 1.29 is 28.5 Å². The number of nitrogens with zero attached hydrogens (tertiary/aromatic N) is 14. The van der Waals surface area contributed by atoms with Crippen LogP contribution in [0.2, 0.25) is 0 Å². The van der Waals surface area contributed by atoms with E-state index < -0.39 is 17.2 Å². The fourth-order valence-corrected chi connectivity index (χ4v) is 12.1. The number of hydrogen-bond acceptors (Lipinski definition) is 19. The second-order valence-corrected chi connectivity index (χ2v) is 24.4. The highest BCUT2D eigenvalue weighted by atomic mass is 16.6. The number of piperazine rings is 2. The van der Waals surface area contributed by atoms with Crippen molar-refractivity contribution in [2.24, 2.45) is 5.73 Å². The minimum absolute atomic E-state index is 0.226. The van der Waals surface area contributed by atoms with E-state index in [0.29, 0.717) is 77.3 Å². The molecule has 8 aromatic rings. The summed E-state index contributed by atoms with van der Waals surface area (Å²) >= 11 is 0. The Labute approximate surface area is 492 Å². The molecule has 8 aromatic heterocycles. The molecular formula is C63H68N16O6. The maximum atomic E-state index is 12.4. The minimum atomic E-state index is -0.576. The third-order valence-corrected chi connectivity index (χ3v) is 17.2. The van der Waals surface area contributed by atoms with Gasteiger partial charge in [0.1, 0.15) is 54.1 Å². The first-order chi connectivity index (χ1) is 41.1. The van der Waals surface area contributed by atoms with Crippen molar-refractivity contribution in [1.29, 1.82) is 10.5 Å². The number of piperidine rings is 2. The third-order valence-electron chi connectivity index (χ3n) is 17.2. The van der Waals surface area contributed by atoms with E-state index in [2.05, 4.69) is 81.5 Å². The molecule has 14 heterocycles. The number of amides is 1. The molecule has 4 bridgehead atoms. The Kier molecular flexibility index (Phi) is 14.4. The van der Waals surface area contributed by atoms with Crippen molar-refractivity contribution in [2.75, 3.05) is 63.4 Å². The van der Waals surface area contributed by atoms with E-state index in [-0.39, 0.29) is 5.54 Å². The molecule has 436 valence electrons. The van der Waals surface area contributed by atoms with Crippen molar-refractivity contribution >= 4 is 28.8 Å². The summed E-state index contributed by atoms with van der Waals surface area (Å²) in [6.07, 6.45) is 19.8. The molecule has 16 rings (SSSR count). The summed E-state index contributed by atoms with van der Waals surface area (Å²) in [6, 6.07) is 26.6. The Morgan fingerprint density at radius 1 is 0.635 bits per heavy atom. The number of anilines is 2. The Morgan fingerprint density at radius 2 is 1.11 bits per heavy atom. The largest absolute Gasteiger partial charge is 0.490 e. The first-order valence-corrected chi connectivity index (χ1v) is 28.9. The molecule has 8 fully saturated rings. The number of methoxy groups -OCH3 is 2. The van der Waals surface area contributed by atoms with Gasteiger partial charge in [0, 0.05) is 123 Å². The number of nitrogens with one attached hydrogen (secondary N) is 1. The quantitative estimate of drug-likeness (QED) is 0.0892. The number of fused-ring (bicyclic) bond motifs is 6. The van der Waals surface area contributed by atoms with Crippen molar-refractivity contribution in [1.82, 2.24) is 54.3 Å². The van der Waals surface area contributed by atoms with Gasteiger partial charge in [-0.3, -0.25) is 9.80 Å². The number of pyridine rings is 6. The predicted molar refractivity (Wildman–Crippen MR) is 316 cm³/mol. The number of carbonyl (C=O) groups excluding carboxylic acids is 1. The van der Waals surface area contributed by atoms with Gasteiger partial charge >= 0.3 is 6.09 Å². The molecule has 0 aromatic carbocycles. The highest BCUT2D eigenvalue weighted by molar-refractivity contribution is 5.86. The SMILES string of the molecule is COc1ccc(CN2C3CC2CN(c2ccc(-c4cc(OCC5(N)CC5)cn5ncc(C#N)c45)cn2)C3)cn1.COc1ccc(CN2C3CC2CN(c2ccc(-c4cc(OCC5(NC(=O)OC(C)(C)C)CC5)cn5ncc(C#N)c45)cn2)C3)cn1. The van der Waals surface area contributed by atoms with Gasteiger partial charge in [-0.15, -0.1) is 0 Å². The van der Waals surface area contributed by atoms with E-state index in [1.54, 1.807) is 48.0 Å². The van der Waals surface area contributed by atoms with Crippen molar-refractivity contribution in [3.63, 3.8) is 0 Å². The number of alkyl carbamates (subject to hydrolysis) is 1. The molecule has 8 aliphatic rings. The average Bonchev–Trinajstić information content (AvgIpc) is 3.13. The second kappa shape index (κ2) is 22.2. The third kappa shape index (κ3) is 11.6. The number of aromatic nitrogens is 8. The Bertz CT molecular complexity index is 3820. The van der Waals surface area contributed by atoms with Crippen LogP contribution in [-0.4, -0.2) is 150 Å². The van der Waals surface area contributed by atoms with Crippen LogP contribution in [0.4, 0.5) is 16.4 Å². The zero-order valence-electron chi connectivity index (χ0n) is 48.4. The summed E-state index contributed by atoms with van der Waals surface area (Å²) in [5.74, 6) is 4.43. The van der Waals surface area contributed by atoms with Crippen molar-refractivity contribution in [3.8, 4) is 57.7 Å². The van der Waals surface area contributed by atoms with Crippen molar-refractivity contribution in [2.45, 2.75) is 113 Å². The highest BCUT2D eigenvalue weighted by Gasteiger charge is 2.48. The molecule has 22 heteroatoms. The molecule has 2 saturated carbocycles. The number of rotatable bonds is 17. The first kappa shape index (κ1) is 55.1. The van der Waals surface area contributed by atoms with Crippen LogP contribution in [0, 0.1) is 22.7 Å². The maximum Gasteiger partial charge on any atom is 0.408 e. The average molecular weight is 1150 g/mol. The first-order valence-electron chi connectivity index (χ1n) is 28.9. The lowest BCUT2D eigenvalue weighted by atomic mass is 9.87. The fraction of sp³-hybridized carbons (Fsp3) is 0.413. The van der Waals surface area contributed by atoms with Crippen molar-refractivity contribution in [3.05, 3.63) is 132 Å². The molecule has 0 radical (unpaired) electrons. The van der Waals surface area contributed by atoms with Crippen LogP contribution < -0.4 is 39.8 Å². The minimum Gasteiger partial charge on any atom is -0.490 e. The highest BCUT2D eigenvalue weighted by Crippen LogP contribution is 2.41. The van der Waals surface area contributed by atoms with E-state index in [0.717, 1.165) is 104 Å². The maximum absolute atomic E-state index is 12.4. The molecule has 4 unspecified atom stereocenters. The molecular weight excluding hydrogens is 1080 g/mol. The molecule has 6 aliphatic heterocycles. The van der Waals surface area contributed by atoms with Gasteiger partial charge in [0.05, 0.1) is 72.2 Å². The second-order valence-electron chi connectivity index (χ2n) is 24.4. The normalized spacial score (nSPS) is 20.6. The van der Waals surface area contributed by atoms with Crippen LogP contribution in [-0.2, 0) is 17.8 Å². The van der Waals surface area contributed by atoms with Crippen LogP contribution in [0.5, 0.6) is 23.3 Å². The topological polar surface area (TPSA) is 248 Å². The summed E-state index contributed by atoms with van der Waals surface area (Å²) < 4.78 is 31.4. The Balaban J connectivity index is 0.000000160. The van der Waals surface area contributed by atoms with Gasteiger partial charge in [-0.25, -0.2) is 33.8 Å².